The first-order valence-corrected chi connectivity index (χ1v) is 6.04. The standard InChI is InChI=1S/C12H20N4O/c1-15(2)14-12(17)11-4-3-9-16(11)10-5-7-13-8-6-10/h3-4,9-10,13H,5-8H2,1-2H3,(H,14,17). The fourth-order valence-corrected chi connectivity index (χ4v) is 2.25. The number of hydrazine groups is 1. The molecule has 1 aromatic rings. The van der Waals surface area contributed by atoms with E-state index in [1.807, 2.05) is 32.4 Å². The first-order valence-electron chi connectivity index (χ1n) is 6.04. The number of hydrogen-bond donors (Lipinski definition) is 2. The van der Waals surface area contributed by atoms with Crippen LogP contribution in [0.1, 0.15) is 29.4 Å². The highest BCUT2D eigenvalue weighted by atomic mass is 16.2. The molecule has 1 fully saturated rings. The Kier molecular flexibility index (Phi) is 3.81. The Morgan fingerprint density at radius 3 is 2.82 bits per heavy atom. The molecule has 2 heterocycles. The predicted molar refractivity (Wildman–Crippen MR) is 66.7 cm³/mol. The molecule has 0 spiro atoms. The topological polar surface area (TPSA) is 49.3 Å². The van der Waals surface area contributed by atoms with Gasteiger partial charge in [-0.3, -0.25) is 10.2 Å². The van der Waals surface area contributed by atoms with Crippen LogP contribution < -0.4 is 10.7 Å². The van der Waals surface area contributed by atoms with Crippen molar-refractivity contribution in [2.75, 3.05) is 27.2 Å². The van der Waals surface area contributed by atoms with Crippen molar-refractivity contribution in [3.8, 4) is 0 Å². The van der Waals surface area contributed by atoms with E-state index < -0.39 is 0 Å². The van der Waals surface area contributed by atoms with Crippen molar-refractivity contribution in [2.45, 2.75) is 18.9 Å². The van der Waals surface area contributed by atoms with Crippen LogP contribution in [0.4, 0.5) is 0 Å². The summed E-state index contributed by atoms with van der Waals surface area (Å²) in [5, 5.41) is 5.00. The predicted octanol–water partition coefficient (Wildman–Crippen LogP) is 0.619. The Bertz CT molecular complexity index is 380. The Morgan fingerprint density at radius 1 is 1.47 bits per heavy atom. The summed E-state index contributed by atoms with van der Waals surface area (Å²) < 4.78 is 2.10. The summed E-state index contributed by atoms with van der Waals surface area (Å²) in [5.74, 6) is -0.0430. The third kappa shape index (κ3) is 2.87. The zero-order valence-electron chi connectivity index (χ0n) is 10.4. The van der Waals surface area contributed by atoms with Crippen LogP contribution >= 0.6 is 0 Å². The molecule has 1 saturated heterocycles. The van der Waals surface area contributed by atoms with Crippen LogP contribution in [0.25, 0.3) is 0 Å². The van der Waals surface area contributed by atoms with Crippen LogP contribution in [0.5, 0.6) is 0 Å². The lowest BCUT2D eigenvalue weighted by atomic mass is 10.1. The van der Waals surface area contributed by atoms with Crippen LogP contribution in [0.2, 0.25) is 0 Å². The quantitative estimate of drug-likeness (QED) is 0.756. The highest BCUT2D eigenvalue weighted by molar-refractivity contribution is 5.92. The van der Waals surface area contributed by atoms with Crippen molar-refractivity contribution in [3.05, 3.63) is 24.0 Å². The Hall–Kier alpha value is -1.33. The van der Waals surface area contributed by atoms with E-state index in [0.717, 1.165) is 31.6 Å². The van der Waals surface area contributed by atoms with Gasteiger partial charge in [0.1, 0.15) is 5.69 Å². The van der Waals surface area contributed by atoms with Gasteiger partial charge in [-0.25, -0.2) is 5.01 Å². The van der Waals surface area contributed by atoms with E-state index in [1.54, 1.807) is 5.01 Å². The van der Waals surface area contributed by atoms with Crippen LogP contribution in [-0.4, -0.2) is 42.7 Å². The fourth-order valence-electron chi connectivity index (χ4n) is 2.25. The number of aromatic nitrogens is 1. The van der Waals surface area contributed by atoms with Crippen LogP contribution in [0.3, 0.4) is 0 Å². The molecule has 0 aromatic carbocycles. The maximum atomic E-state index is 12.0. The number of rotatable bonds is 3. The van der Waals surface area contributed by atoms with E-state index in [9.17, 15) is 4.79 Å². The third-order valence-corrected chi connectivity index (χ3v) is 3.04. The molecule has 1 aliphatic rings. The number of hydrogen-bond acceptors (Lipinski definition) is 3. The summed E-state index contributed by atoms with van der Waals surface area (Å²) in [7, 11) is 3.63. The molecule has 94 valence electrons. The highest BCUT2D eigenvalue weighted by Gasteiger charge is 2.19. The van der Waals surface area contributed by atoms with E-state index >= 15 is 0 Å². The first kappa shape index (κ1) is 12.1. The monoisotopic (exact) mass is 236 g/mol. The fraction of sp³-hybridized carbons (Fsp3) is 0.583. The second kappa shape index (κ2) is 5.33. The van der Waals surface area contributed by atoms with E-state index in [0.29, 0.717) is 6.04 Å². The zero-order valence-corrected chi connectivity index (χ0v) is 10.4. The van der Waals surface area contributed by atoms with E-state index in [4.69, 9.17) is 0 Å². The minimum absolute atomic E-state index is 0.0430. The lowest BCUT2D eigenvalue weighted by molar-refractivity contribution is 0.0843. The molecule has 0 bridgehead atoms. The van der Waals surface area contributed by atoms with E-state index in [1.165, 1.54) is 0 Å². The van der Waals surface area contributed by atoms with Crippen LogP contribution in [0, 0.1) is 0 Å². The molecule has 0 saturated carbocycles. The van der Waals surface area contributed by atoms with Gasteiger partial charge in [0.2, 0.25) is 0 Å². The van der Waals surface area contributed by atoms with Gasteiger partial charge in [0, 0.05) is 26.3 Å². The van der Waals surface area contributed by atoms with Crippen molar-refractivity contribution in [1.29, 1.82) is 0 Å². The zero-order chi connectivity index (χ0) is 12.3. The summed E-state index contributed by atoms with van der Waals surface area (Å²) >= 11 is 0. The summed E-state index contributed by atoms with van der Waals surface area (Å²) in [6.45, 7) is 2.05. The number of amides is 1. The second-order valence-electron chi connectivity index (χ2n) is 4.62. The van der Waals surface area contributed by atoms with Gasteiger partial charge in [0.05, 0.1) is 0 Å². The summed E-state index contributed by atoms with van der Waals surface area (Å²) in [5.41, 5.74) is 3.52. The van der Waals surface area contributed by atoms with Crippen molar-refractivity contribution < 1.29 is 4.79 Å². The number of carbonyl (C=O) groups is 1. The SMILES string of the molecule is CN(C)NC(=O)c1cccn1C1CCNCC1. The molecule has 0 unspecified atom stereocenters. The Morgan fingerprint density at radius 2 is 2.18 bits per heavy atom. The molecule has 0 radical (unpaired) electrons. The van der Waals surface area contributed by atoms with E-state index in [-0.39, 0.29) is 5.91 Å². The van der Waals surface area contributed by atoms with Crippen molar-refractivity contribution in [2.24, 2.45) is 0 Å². The van der Waals surface area contributed by atoms with Crippen LogP contribution in [0.15, 0.2) is 18.3 Å². The van der Waals surface area contributed by atoms with Crippen molar-refractivity contribution in [3.63, 3.8) is 0 Å². The summed E-state index contributed by atoms with van der Waals surface area (Å²) in [6, 6.07) is 4.25. The van der Waals surface area contributed by atoms with Gasteiger partial charge >= 0.3 is 0 Å². The van der Waals surface area contributed by atoms with Gasteiger partial charge in [0.25, 0.3) is 5.91 Å². The molecular formula is C12H20N4O. The molecule has 2 rings (SSSR count). The number of nitrogens with one attached hydrogen (secondary N) is 2. The summed E-state index contributed by atoms with van der Waals surface area (Å²) in [4.78, 5) is 12.0. The van der Waals surface area contributed by atoms with Crippen molar-refractivity contribution in [1.82, 2.24) is 20.3 Å². The number of carbonyl (C=O) groups excluding carboxylic acids is 1. The van der Waals surface area contributed by atoms with Gasteiger partial charge in [0.15, 0.2) is 0 Å². The molecule has 1 amide bonds. The maximum absolute atomic E-state index is 12.0. The Labute approximate surface area is 102 Å². The molecule has 0 atom stereocenters. The summed E-state index contributed by atoms with van der Waals surface area (Å²) in [6.07, 6.45) is 4.16. The Balaban J connectivity index is 2.12. The second-order valence-corrected chi connectivity index (χ2v) is 4.62. The normalized spacial score (nSPS) is 17.4. The lowest BCUT2D eigenvalue weighted by Crippen LogP contribution is -2.38. The first-order chi connectivity index (χ1) is 8.18. The number of piperidine rings is 1. The largest absolute Gasteiger partial charge is 0.340 e. The molecule has 2 N–H and O–H groups in total. The molecule has 17 heavy (non-hydrogen) atoms. The molecule has 1 aromatic heterocycles. The molecular weight excluding hydrogens is 216 g/mol. The van der Waals surface area contributed by atoms with Gasteiger partial charge in [-0.1, -0.05) is 0 Å². The average molecular weight is 236 g/mol. The molecule has 0 aliphatic carbocycles. The third-order valence-electron chi connectivity index (χ3n) is 3.04. The van der Waals surface area contributed by atoms with Crippen molar-refractivity contribution >= 4 is 5.91 Å². The highest BCUT2D eigenvalue weighted by Crippen LogP contribution is 2.21. The smallest absolute Gasteiger partial charge is 0.282 e. The molecule has 1 aliphatic heterocycles. The average Bonchev–Trinajstić information content (AvgIpc) is 2.78. The van der Waals surface area contributed by atoms with Gasteiger partial charge in [-0.2, -0.15) is 0 Å². The maximum Gasteiger partial charge on any atom is 0.282 e. The lowest BCUT2D eigenvalue weighted by Gasteiger charge is -2.26. The van der Waals surface area contributed by atoms with Gasteiger partial charge in [-0.15, -0.1) is 0 Å². The minimum Gasteiger partial charge on any atom is -0.340 e. The number of nitrogens with zero attached hydrogens (tertiary/aromatic N) is 2. The van der Waals surface area contributed by atoms with Crippen LogP contribution in [-0.2, 0) is 0 Å². The molecule has 5 heteroatoms. The molecule has 5 nitrogen and oxygen atoms in total. The van der Waals surface area contributed by atoms with E-state index in [2.05, 4.69) is 15.3 Å². The van der Waals surface area contributed by atoms with Gasteiger partial charge in [-0.05, 0) is 38.1 Å². The van der Waals surface area contributed by atoms with Gasteiger partial charge < -0.3 is 9.88 Å². The minimum atomic E-state index is -0.0430.